The van der Waals surface area contributed by atoms with E-state index in [0.29, 0.717) is 0 Å². The van der Waals surface area contributed by atoms with Crippen LogP contribution in [0, 0.1) is 0 Å². The van der Waals surface area contributed by atoms with Crippen LogP contribution in [-0.2, 0) is 6.54 Å². The molecule has 21 heavy (non-hydrogen) atoms. The Hall–Kier alpha value is -1.14. The largest absolute Gasteiger partial charge is 0.455 e. The van der Waals surface area contributed by atoms with Gasteiger partial charge in [-0.3, -0.25) is 0 Å². The lowest BCUT2D eigenvalue weighted by Crippen LogP contribution is -2.95. The molecule has 2 aromatic rings. The normalized spacial score (nSPS) is 12.5. The van der Waals surface area contributed by atoms with Crippen molar-refractivity contribution in [2.75, 3.05) is 19.6 Å². The van der Waals surface area contributed by atoms with E-state index >= 15 is 0 Å². The molecule has 1 heterocycles. The van der Waals surface area contributed by atoms with Crippen molar-refractivity contribution in [3.8, 4) is 11.3 Å². The summed E-state index contributed by atoms with van der Waals surface area (Å²) in [6.45, 7) is 5.44. The number of nitrogens with two attached hydrogens (primary N) is 2. The Morgan fingerprint density at radius 2 is 1.81 bits per heavy atom. The molecule has 0 aliphatic heterocycles. The van der Waals surface area contributed by atoms with E-state index < -0.39 is 0 Å². The number of aliphatic hydroxyl groups is 1. The molecule has 2 rings (SSSR count). The van der Waals surface area contributed by atoms with E-state index in [1.54, 1.807) is 0 Å². The molecule has 114 valence electrons. The molecular weight excluding hydrogens is 332 g/mol. The minimum atomic E-state index is -0.233. The molecule has 0 amide bonds. The topological polar surface area (TPSA) is 66.6 Å². The minimum Gasteiger partial charge on any atom is -0.455 e. The molecule has 0 bridgehead atoms. The number of rotatable bonds is 8. The predicted molar refractivity (Wildman–Crippen MR) is 85.7 cm³/mol. The monoisotopic (exact) mass is 354 g/mol. The van der Waals surface area contributed by atoms with Gasteiger partial charge in [-0.15, -0.1) is 0 Å². The van der Waals surface area contributed by atoms with Crippen LogP contribution >= 0.6 is 15.9 Å². The second-order valence-electron chi connectivity index (χ2n) is 5.22. The van der Waals surface area contributed by atoms with E-state index in [2.05, 4.69) is 26.6 Å². The smallest absolute Gasteiger partial charge is 0.158 e. The van der Waals surface area contributed by atoms with Gasteiger partial charge in [0, 0.05) is 10.0 Å². The number of hydrogen-bond donors (Lipinski definition) is 3. The molecule has 5 heteroatoms. The van der Waals surface area contributed by atoms with Crippen LogP contribution in [-0.4, -0.2) is 30.8 Å². The first-order valence-corrected chi connectivity index (χ1v) is 8.10. The number of furan rings is 1. The Balaban J connectivity index is 1.74. The minimum absolute atomic E-state index is 0.233. The van der Waals surface area contributed by atoms with Crippen LogP contribution in [0.1, 0.15) is 12.7 Å². The van der Waals surface area contributed by atoms with Crippen molar-refractivity contribution in [3.63, 3.8) is 0 Å². The summed E-state index contributed by atoms with van der Waals surface area (Å²) < 4.78 is 6.93. The third-order valence-corrected chi connectivity index (χ3v) is 3.75. The van der Waals surface area contributed by atoms with Gasteiger partial charge >= 0.3 is 0 Å². The molecule has 0 spiro atoms. The van der Waals surface area contributed by atoms with Crippen molar-refractivity contribution >= 4 is 15.9 Å². The van der Waals surface area contributed by atoms with Crippen molar-refractivity contribution in [1.82, 2.24) is 0 Å². The molecule has 5 N–H and O–H groups in total. The standard InChI is InChI=1S/C16H21BrN2O2/c1-12(20)10-18-8-9-19-11-15-6-7-16(21-15)13-2-4-14(17)5-3-13/h2-7,12,18-20H,8-11H2,1H3/p+2/t12-/m0/s1. The average Bonchev–Trinajstić information content (AvgIpc) is 2.92. The number of benzene rings is 1. The highest BCUT2D eigenvalue weighted by atomic mass is 79.9. The number of aliphatic hydroxyl groups excluding tert-OH is 1. The molecule has 0 saturated carbocycles. The van der Waals surface area contributed by atoms with Crippen molar-refractivity contribution in [2.24, 2.45) is 0 Å². The molecule has 1 atom stereocenters. The second-order valence-corrected chi connectivity index (χ2v) is 6.13. The van der Waals surface area contributed by atoms with Crippen LogP contribution in [0.25, 0.3) is 11.3 Å². The Morgan fingerprint density at radius 1 is 1.10 bits per heavy atom. The summed E-state index contributed by atoms with van der Waals surface area (Å²) in [7, 11) is 0. The molecule has 0 radical (unpaired) electrons. The maximum Gasteiger partial charge on any atom is 0.158 e. The lowest BCUT2D eigenvalue weighted by atomic mass is 10.2. The molecule has 0 saturated heterocycles. The summed E-state index contributed by atoms with van der Waals surface area (Å²) in [4.78, 5) is 0. The number of quaternary nitrogens is 2. The van der Waals surface area contributed by atoms with Gasteiger partial charge in [-0.25, -0.2) is 0 Å². The second kappa shape index (κ2) is 8.34. The molecule has 4 nitrogen and oxygen atoms in total. The fourth-order valence-corrected chi connectivity index (χ4v) is 2.36. The summed E-state index contributed by atoms with van der Waals surface area (Å²) in [6, 6.07) is 12.2. The van der Waals surface area contributed by atoms with Gasteiger partial charge in [-0.05, 0) is 31.2 Å². The zero-order valence-corrected chi connectivity index (χ0v) is 13.8. The maximum atomic E-state index is 9.16. The summed E-state index contributed by atoms with van der Waals surface area (Å²) in [5.41, 5.74) is 1.09. The van der Waals surface area contributed by atoms with E-state index in [1.807, 2.05) is 43.3 Å². The zero-order chi connectivity index (χ0) is 15.1. The van der Waals surface area contributed by atoms with E-state index in [9.17, 15) is 0 Å². The fourth-order valence-electron chi connectivity index (χ4n) is 2.10. The molecule has 0 aliphatic carbocycles. The first-order chi connectivity index (χ1) is 10.1. The molecule has 0 unspecified atom stereocenters. The van der Waals surface area contributed by atoms with E-state index in [-0.39, 0.29) is 6.10 Å². The molecule has 1 aromatic carbocycles. The lowest BCUT2D eigenvalue weighted by molar-refractivity contribution is -0.733. The summed E-state index contributed by atoms with van der Waals surface area (Å²) in [6.07, 6.45) is -0.233. The highest BCUT2D eigenvalue weighted by Crippen LogP contribution is 2.23. The molecular formula is C16H23BrN2O2+2. The first-order valence-electron chi connectivity index (χ1n) is 7.31. The quantitative estimate of drug-likeness (QED) is 0.611. The Bertz CT molecular complexity index is 537. The van der Waals surface area contributed by atoms with Crippen molar-refractivity contribution in [1.29, 1.82) is 0 Å². The predicted octanol–water partition coefficient (Wildman–Crippen LogP) is 0.717. The SMILES string of the molecule is C[C@H](O)C[NH2+]CC[NH2+]Cc1ccc(-c2ccc(Br)cc2)o1. The summed E-state index contributed by atoms with van der Waals surface area (Å²) in [5.74, 6) is 1.90. The molecule has 0 aliphatic rings. The number of hydrogen-bond acceptors (Lipinski definition) is 2. The zero-order valence-electron chi connectivity index (χ0n) is 12.3. The maximum absolute atomic E-state index is 9.16. The summed E-state index contributed by atoms with van der Waals surface area (Å²) >= 11 is 3.43. The van der Waals surface area contributed by atoms with Crippen LogP contribution in [0.3, 0.4) is 0 Å². The Morgan fingerprint density at radius 3 is 2.52 bits per heavy atom. The van der Waals surface area contributed by atoms with E-state index in [1.165, 1.54) is 0 Å². The first kappa shape index (κ1) is 16.2. The Labute approximate surface area is 133 Å². The van der Waals surface area contributed by atoms with Gasteiger partial charge in [0.15, 0.2) is 5.76 Å². The van der Waals surface area contributed by atoms with Gasteiger partial charge in [0.1, 0.15) is 31.9 Å². The van der Waals surface area contributed by atoms with Crippen molar-refractivity contribution in [3.05, 3.63) is 46.6 Å². The van der Waals surface area contributed by atoms with Crippen LogP contribution in [0.4, 0.5) is 0 Å². The van der Waals surface area contributed by atoms with Crippen molar-refractivity contribution in [2.45, 2.75) is 19.6 Å². The van der Waals surface area contributed by atoms with E-state index in [0.717, 1.165) is 47.7 Å². The number of halogens is 1. The van der Waals surface area contributed by atoms with Gasteiger partial charge in [-0.2, -0.15) is 0 Å². The van der Waals surface area contributed by atoms with Crippen LogP contribution in [0.5, 0.6) is 0 Å². The molecule has 1 aromatic heterocycles. The third-order valence-electron chi connectivity index (χ3n) is 3.22. The highest BCUT2D eigenvalue weighted by Gasteiger charge is 2.06. The average molecular weight is 355 g/mol. The lowest BCUT2D eigenvalue weighted by Gasteiger charge is -2.03. The molecule has 0 fully saturated rings. The van der Waals surface area contributed by atoms with Crippen LogP contribution < -0.4 is 10.6 Å². The van der Waals surface area contributed by atoms with Crippen LogP contribution in [0.15, 0.2) is 45.3 Å². The van der Waals surface area contributed by atoms with Crippen LogP contribution in [0.2, 0.25) is 0 Å². The third kappa shape index (κ3) is 5.63. The summed E-state index contributed by atoms with van der Waals surface area (Å²) in [5, 5.41) is 13.5. The highest BCUT2D eigenvalue weighted by molar-refractivity contribution is 9.10. The van der Waals surface area contributed by atoms with Gasteiger partial charge in [0.25, 0.3) is 0 Å². The van der Waals surface area contributed by atoms with Crippen molar-refractivity contribution < 1.29 is 20.2 Å². The van der Waals surface area contributed by atoms with Gasteiger partial charge in [-0.1, -0.05) is 28.1 Å². The van der Waals surface area contributed by atoms with Gasteiger partial charge < -0.3 is 20.2 Å². The van der Waals surface area contributed by atoms with Gasteiger partial charge in [0.2, 0.25) is 0 Å². The fraction of sp³-hybridized carbons (Fsp3) is 0.375. The van der Waals surface area contributed by atoms with E-state index in [4.69, 9.17) is 9.52 Å². The van der Waals surface area contributed by atoms with Gasteiger partial charge in [0.05, 0.1) is 6.10 Å². The Kier molecular flexibility index (Phi) is 6.45.